The summed E-state index contributed by atoms with van der Waals surface area (Å²) in [6, 6.07) is 2.27. The van der Waals surface area contributed by atoms with Crippen LogP contribution < -0.4 is 5.32 Å². The number of hydrogen-bond acceptors (Lipinski definition) is 3. The summed E-state index contributed by atoms with van der Waals surface area (Å²) in [5, 5.41) is 7.65. The second-order valence-corrected chi connectivity index (χ2v) is 4.60. The Labute approximate surface area is 102 Å². The van der Waals surface area contributed by atoms with E-state index in [9.17, 15) is 4.79 Å². The van der Waals surface area contributed by atoms with Gasteiger partial charge >= 0.3 is 0 Å². The summed E-state index contributed by atoms with van der Waals surface area (Å²) in [6.45, 7) is 6.55. The molecule has 1 aromatic rings. The molecule has 1 amide bonds. The van der Waals surface area contributed by atoms with Crippen molar-refractivity contribution in [1.29, 1.82) is 0 Å². The van der Waals surface area contributed by atoms with Gasteiger partial charge < -0.3 is 10.2 Å². The maximum absolute atomic E-state index is 12.3. The van der Waals surface area contributed by atoms with Gasteiger partial charge in [-0.15, -0.1) is 0 Å². The standard InChI is InChI=1S/C12H20N4O/c1-4-10-7-11(15(3)14-10)12(17)16-6-5-13-9(2)8-16/h7,9,13H,4-6,8H2,1-3H3/t9-/m0/s1. The van der Waals surface area contributed by atoms with Crippen molar-refractivity contribution < 1.29 is 4.79 Å². The third-order valence-electron chi connectivity index (χ3n) is 3.17. The summed E-state index contributed by atoms with van der Waals surface area (Å²) in [6.07, 6.45) is 0.860. The van der Waals surface area contributed by atoms with Crippen molar-refractivity contribution in [3.8, 4) is 0 Å². The molecular formula is C12H20N4O. The molecule has 0 aromatic carbocycles. The monoisotopic (exact) mass is 236 g/mol. The highest BCUT2D eigenvalue weighted by Gasteiger charge is 2.24. The van der Waals surface area contributed by atoms with Gasteiger partial charge in [-0.25, -0.2) is 0 Å². The lowest BCUT2D eigenvalue weighted by atomic mass is 10.2. The molecule has 0 spiro atoms. The quantitative estimate of drug-likeness (QED) is 0.809. The largest absolute Gasteiger partial charge is 0.334 e. The van der Waals surface area contributed by atoms with Crippen LogP contribution in [0.1, 0.15) is 30.0 Å². The van der Waals surface area contributed by atoms with E-state index < -0.39 is 0 Å². The van der Waals surface area contributed by atoms with Crippen LogP contribution in [-0.2, 0) is 13.5 Å². The second kappa shape index (κ2) is 4.87. The highest BCUT2D eigenvalue weighted by atomic mass is 16.2. The molecule has 5 heteroatoms. The Balaban J connectivity index is 2.15. The molecule has 94 valence electrons. The molecular weight excluding hydrogens is 216 g/mol. The number of rotatable bonds is 2. The van der Waals surface area contributed by atoms with Gasteiger partial charge in [0.2, 0.25) is 0 Å². The van der Waals surface area contributed by atoms with Gasteiger partial charge in [-0.1, -0.05) is 6.92 Å². The minimum Gasteiger partial charge on any atom is -0.334 e. The number of carbonyl (C=O) groups excluding carboxylic acids is 1. The lowest BCUT2D eigenvalue weighted by molar-refractivity contribution is 0.0698. The molecule has 17 heavy (non-hydrogen) atoms. The average molecular weight is 236 g/mol. The van der Waals surface area contributed by atoms with E-state index in [0.717, 1.165) is 31.7 Å². The topological polar surface area (TPSA) is 50.2 Å². The van der Waals surface area contributed by atoms with Crippen molar-refractivity contribution in [2.45, 2.75) is 26.3 Å². The zero-order valence-corrected chi connectivity index (χ0v) is 10.7. The third kappa shape index (κ3) is 2.49. The summed E-state index contributed by atoms with van der Waals surface area (Å²) < 4.78 is 1.69. The predicted octanol–water partition coefficient (Wildman–Crippen LogP) is 0.416. The fraction of sp³-hybridized carbons (Fsp3) is 0.667. The summed E-state index contributed by atoms with van der Waals surface area (Å²) in [5.41, 5.74) is 1.66. The van der Waals surface area contributed by atoms with E-state index in [2.05, 4.69) is 17.3 Å². The first kappa shape index (κ1) is 12.1. The van der Waals surface area contributed by atoms with E-state index >= 15 is 0 Å². The number of aromatic nitrogens is 2. The summed E-state index contributed by atoms with van der Waals surface area (Å²) >= 11 is 0. The summed E-state index contributed by atoms with van der Waals surface area (Å²) in [7, 11) is 1.83. The molecule has 5 nitrogen and oxygen atoms in total. The van der Waals surface area contributed by atoms with E-state index in [4.69, 9.17) is 0 Å². The van der Waals surface area contributed by atoms with Crippen molar-refractivity contribution in [3.05, 3.63) is 17.5 Å². The van der Waals surface area contributed by atoms with Gasteiger partial charge in [0.15, 0.2) is 0 Å². The number of aryl methyl sites for hydroxylation is 2. The van der Waals surface area contributed by atoms with Gasteiger partial charge in [-0.05, 0) is 19.4 Å². The number of piperazine rings is 1. The number of carbonyl (C=O) groups is 1. The fourth-order valence-electron chi connectivity index (χ4n) is 2.18. The first-order chi connectivity index (χ1) is 8.11. The number of nitrogens with zero attached hydrogens (tertiary/aromatic N) is 3. The van der Waals surface area contributed by atoms with E-state index in [0.29, 0.717) is 11.7 Å². The number of amides is 1. The van der Waals surface area contributed by atoms with Gasteiger partial charge in [0.25, 0.3) is 5.91 Å². The van der Waals surface area contributed by atoms with Crippen molar-refractivity contribution in [3.63, 3.8) is 0 Å². The number of hydrogen-bond donors (Lipinski definition) is 1. The highest BCUT2D eigenvalue weighted by molar-refractivity contribution is 5.92. The molecule has 1 saturated heterocycles. The van der Waals surface area contributed by atoms with Gasteiger partial charge in [0.1, 0.15) is 5.69 Å². The molecule has 0 bridgehead atoms. The predicted molar refractivity (Wildman–Crippen MR) is 66.0 cm³/mol. The lowest BCUT2D eigenvalue weighted by Crippen LogP contribution is -2.51. The molecule has 0 saturated carbocycles. The van der Waals surface area contributed by atoms with Crippen LogP contribution in [0.15, 0.2) is 6.07 Å². The van der Waals surface area contributed by atoms with Gasteiger partial charge in [0.05, 0.1) is 5.69 Å². The van der Waals surface area contributed by atoms with Crippen molar-refractivity contribution in [2.75, 3.05) is 19.6 Å². The molecule has 1 fully saturated rings. The molecule has 1 aliphatic rings. The molecule has 1 atom stereocenters. The molecule has 2 heterocycles. The van der Waals surface area contributed by atoms with Crippen LogP contribution in [0.5, 0.6) is 0 Å². The first-order valence-electron chi connectivity index (χ1n) is 6.17. The van der Waals surface area contributed by atoms with Crippen LogP contribution in [0, 0.1) is 0 Å². The lowest BCUT2D eigenvalue weighted by Gasteiger charge is -2.31. The van der Waals surface area contributed by atoms with Crippen molar-refractivity contribution >= 4 is 5.91 Å². The minimum atomic E-state index is 0.0908. The van der Waals surface area contributed by atoms with E-state index in [-0.39, 0.29) is 5.91 Å². The molecule has 0 aliphatic carbocycles. The molecule has 0 unspecified atom stereocenters. The Morgan fingerprint density at radius 3 is 3.00 bits per heavy atom. The highest BCUT2D eigenvalue weighted by Crippen LogP contribution is 2.09. The zero-order valence-electron chi connectivity index (χ0n) is 10.7. The van der Waals surface area contributed by atoms with E-state index in [1.165, 1.54) is 0 Å². The summed E-state index contributed by atoms with van der Waals surface area (Å²) in [5.74, 6) is 0.0908. The molecule has 2 rings (SSSR count). The van der Waals surface area contributed by atoms with Crippen molar-refractivity contribution in [1.82, 2.24) is 20.0 Å². The Bertz CT molecular complexity index is 413. The van der Waals surface area contributed by atoms with E-state index in [1.54, 1.807) is 4.68 Å². The van der Waals surface area contributed by atoms with Gasteiger partial charge in [-0.2, -0.15) is 5.10 Å². The SMILES string of the molecule is CCc1cc(C(=O)N2CCN[C@@H](C)C2)n(C)n1. The summed E-state index contributed by atoms with van der Waals surface area (Å²) in [4.78, 5) is 14.2. The Morgan fingerprint density at radius 2 is 2.41 bits per heavy atom. The number of nitrogens with one attached hydrogen (secondary N) is 1. The third-order valence-corrected chi connectivity index (χ3v) is 3.17. The first-order valence-corrected chi connectivity index (χ1v) is 6.17. The molecule has 1 N–H and O–H groups in total. The fourth-order valence-corrected chi connectivity index (χ4v) is 2.18. The molecule has 0 radical (unpaired) electrons. The van der Waals surface area contributed by atoms with Crippen LogP contribution in [-0.4, -0.2) is 46.3 Å². The van der Waals surface area contributed by atoms with Gasteiger partial charge in [0, 0.05) is 32.7 Å². The minimum absolute atomic E-state index is 0.0908. The van der Waals surface area contributed by atoms with Crippen molar-refractivity contribution in [2.24, 2.45) is 7.05 Å². The Kier molecular flexibility index (Phi) is 3.47. The normalized spacial score (nSPS) is 20.6. The van der Waals surface area contributed by atoms with Crippen LogP contribution in [0.2, 0.25) is 0 Å². The van der Waals surface area contributed by atoms with Crippen LogP contribution >= 0.6 is 0 Å². The second-order valence-electron chi connectivity index (χ2n) is 4.60. The molecule has 1 aromatic heterocycles. The smallest absolute Gasteiger partial charge is 0.272 e. The van der Waals surface area contributed by atoms with E-state index in [1.807, 2.05) is 24.9 Å². The average Bonchev–Trinajstić information content (AvgIpc) is 2.69. The Hall–Kier alpha value is -1.36. The van der Waals surface area contributed by atoms with Gasteiger partial charge in [-0.3, -0.25) is 9.48 Å². The molecule has 1 aliphatic heterocycles. The van der Waals surface area contributed by atoms with Crippen LogP contribution in [0.25, 0.3) is 0 Å². The van der Waals surface area contributed by atoms with Crippen LogP contribution in [0.3, 0.4) is 0 Å². The van der Waals surface area contributed by atoms with Crippen LogP contribution in [0.4, 0.5) is 0 Å². The zero-order chi connectivity index (χ0) is 12.4. The maximum atomic E-state index is 12.3. The Morgan fingerprint density at radius 1 is 1.65 bits per heavy atom. The maximum Gasteiger partial charge on any atom is 0.272 e.